The van der Waals surface area contributed by atoms with Gasteiger partial charge in [0.05, 0.1) is 19.3 Å². The highest BCUT2D eigenvalue weighted by atomic mass is 16.5. The molecule has 0 spiro atoms. The van der Waals surface area contributed by atoms with Gasteiger partial charge in [0.25, 0.3) is 0 Å². The number of anilines is 1. The molecule has 1 saturated carbocycles. The maximum atomic E-state index is 12.6. The molecule has 5 heteroatoms. The number of carbonyl (C=O) groups excluding carboxylic acids is 2. The fourth-order valence-electron chi connectivity index (χ4n) is 4.40. The van der Waals surface area contributed by atoms with Gasteiger partial charge in [-0.2, -0.15) is 0 Å². The lowest BCUT2D eigenvalue weighted by Gasteiger charge is -2.31. The molecule has 1 N–H and O–H groups in total. The highest BCUT2D eigenvalue weighted by Crippen LogP contribution is 2.29. The first-order valence-electron chi connectivity index (χ1n) is 10.3. The van der Waals surface area contributed by atoms with Crippen LogP contribution in [0, 0.1) is 11.8 Å². The summed E-state index contributed by atoms with van der Waals surface area (Å²) in [5.74, 6) is 1.90. The number of rotatable bonds is 7. The maximum absolute atomic E-state index is 12.6. The average Bonchev–Trinajstić information content (AvgIpc) is 2.69. The van der Waals surface area contributed by atoms with E-state index in [2.05, 4.69) is 10.2 Å². The van der Waals surface area contributed by atoms with Crippen LogP contribution in [-0.2, 0) is 9.59 Å². The molecule has 0 unspecified atom stereocenters. The van der Waals surface area contributed by atoms with Gasteiger partial charge in [0.2, 0.25) is 5.91 Å². The number of hydrogen-bond acceptors (Lipinski definition) is 4. The number of carbonyl (C=O) groups is 2. The average molecular weight is 373 g/mol. The molecule has 5 nitrogen and oxygen atoms in total. The van der Waals surface area contributed by atoms with Gasteiger partial charge in [0.1, 0.15) is 11.5 Å². The third-order valence-electron chi connectivity index (χ3n) is 6.01. The molecule has 1 aliphatic heterocycles. The minimum absolute atomic E-state index is 0.0357. The van der Waals surface area contributed by atoms with Gasteiger partial charge >= 0.3 is 0 Å². The molecular weight excluding hydrogens is 340 g/mol. The van der Waals surface area contributed by atoms with Crippen molar-refractivity contribution in [2.45, 2.75) is 51.4 Å². The van der Waals surface area contributed by atoms with Crippen LogP contribution in [0.3, 0.4) is 0 Å². The van der Waals surface area contributed by atoms with Crippen LogP contribution in [0.2, 0.25) is 0 Å². The summed E-state index contributed by atoms with van der Waals surface area (Å²) in [5, 5.41) is 2.92. The topological polar surface area (TPSA) is 58.6 Å². The first-order chi connectivity index (χ1) is 13.2. The zero-order valence-electron chi connectivity index (χ0n) is 16.4. The van der Waals surface area contributed by atoms with Gasteiger partial charge in [0.15, 0.2) is 0 Å². The van der Waals surface area contributed by atoms with Gasteiger partial charge in [-0.3, -0.25) is 14.5 Å². The molecule has 0 radical (unpaired) electrons. The second-order valence-corrected chi connectivity index (χ2v) is 7.97. The molecular formula is C22H32N2O3. The molecule has 0 bridgehead atoms. The van der Waals surface area contributed by atoms with Crippen molar-refractivity contribution in [3.63, 3.8) is 0 Å². The van der Waals surface area contributed by atoms with Crippen LogP contribution in [0.15, 0.2) is 24.3 Å². The molecule has 1 amide bonds. The van der Waals surface area contributed by atoms with E-state index in [0.29, 0.717) is 29.7 Å². The number of amides is 1. The van der Waals surface area contributed by atoms with E-state index in [1.807, 2.05) is 24.3 Å². The van der Waals surface area contributed by atoms with Crippen molar-refractivity contribution in [2.24, 2.45) is 11.8 Å². The van der Waals surface area contributed by atoms with Crippen molar-refractivity contribution in [1.29, 1.82) is 0 Å². The van der Waals surface area contributed by atoms with Crippen molar-refractivity contribution in [1.82, 2.24) is 4.90 Å². The summed E-state index contributed by atoms with van der Waals surface area (Å²) in [6.07, 6.45) is 8.91. The Balaban J connectivity index is 1.41. The number of para-hydroxylation sites is 2. The van der Waals surface area contributed by atoms with Crippen LogP contribution in [0.4, 0.5) is 5.69 Å². The standard InChI is InChI=1S/C22H32N2O3/c1-27-21-10-6-5-9-19(21)23-22(26)16-24-13-11-18(12-14-24)20(25)15-17-7-3-2-4-8-17/h5-6,9-10,17-18H,2-4,7-8,11-16H2,1H3,(H,23,26). The SMILES string of the molecule is COc1ccccc1NC(=O)CN1CCC(C(=O)CC2CCCCC2)CC1. The summed E-state index contributed by atoms with van der Waals surface area (Å²) < 4.78 is 5.27. The van der Waals surface area contributed by atoms with Crippen molar-refractivity contribution >= 4 is 17.4 Å². The Morgan fingerprint density at radius 3 is 2.48 bits per heavy atom. The Hall–Kier alpha value is -1.88. The van der Waals surface area contributed by atoms with Crippen molar-refractivity contribution < 1.29 is 14.3 Å². The maximum Gasteiger partial charge on any atom is 0.238 e. The summed E-state index contributed by atoms with van der Waals surface area (Å²) >= 11 is 0. The largest absolute Gasteiger partial charge is 0.495 e. The Morgan fingerprint density at radius 2 is 1.78 bits per heavy atom. The van der Waals surface area contributed by atoms with Crippen LogP contribution in [0.5, 0.6) is 5.75 Å². The van der Waals surface area contributed by atoms with Crippen molar-refractivity contribution in [3.8, 4) is 5.75 Å². The lowest BCUT2D eigenvalue weighted by atomic mass is 9.81. The number of ketones is 1. The molecule has 1 aromatic carbocycles. The van der Waals surface area contributed by atoms with Gasteiger partial charge < -0.3 is 10.1 Å². The van der Waals surface area contributed by atoms with Gasteiger partial charge in [-0.25, -0.2) is 0 Å². The summed E-state index contributed by atoms with van der Waals surface area (Å²) in [6, 6.07) is 7.43. The van der Waals surface area contributed by atoms with Crippen LogP contribution >= 0.6 is 0 Å². The number of benzene rings is 1. The number of nitrogens with one attached hydrogen (secondary N) is 1. The number of hydrogen-bond donors (Lipinski definition) is 1. The smallest absolute Gasteiger partial charge is 0.238 e. The Labute approximate surface area is 162 Å². The highest BCUT2D eigenvalue weighted by Gasteiger charge is 2.28. The van der Waals surface area contributed by atoms with E-state index >= 15 is 0 Å². The predicted molar refractivity (Wildman–Crippen MR) is 107 cm³/mol. The van der Waals surface area contributed by atoms with Crippen LogP contribution in [-0.4, -0.2) is 43.3 Å². The first-order valence-corrected chi connectivity index (χ1v) is 10.3. The molecule has 0 atom stereocenters. The number of ether oxygens (including phenoxy) is 1. The number of nitrogens with zero attached hydrogens (tertiary/aromatic N) is 1. The molecule has 1 heterocycles. The fourth-order valence-corrected chi connectivity index (χ4v) is 4.40. The normalized spacial score (nSPS) is 19.6. The van der Waals surface area contributed by atoms with Gasteiger partial charge in [-0.15, -0.1) is 0 Å². The number of methoxy groups -OCH3 is 1. The zero-order valence-corrected chi connectivity index (χ0v) is 16.4. The minimum atomic E-state index is -0.0357. The van der Waals surface area contributed by atoms with Crippen LogP contribution in [0.25, 0.3) is 0 Å². The van der Waals surface area contributed by atoms with E-state index in [1.165, 1.54) is 32.1 Å². The molecule has 148 valence electrons. The van der Waals surface area contributed by atoms with E-state index in [1.54, 1.807) is 7.11 Å². The van der Waals surface area contributed by atoms with Crippen LogP contribution in [0.1, 0.15) is 51.4 Å². The summed E-state index contributed by atoms with van der Waals surface area (Å²) in [6.45, 7) is 2.00. The van der Waals surface area contributed by atoms with Crippen molar-refractivity contribution in [3.05, 3.63) is 24.3 Å². The fraction of sp³-hybridized carbons (Fsp3) is 0.636. The highest BCUT2D eigenvalue weighted by molar-refractivity contribution is 5.93. The van der Waals surface area contributed by atoms with Crippen molar-refractivity contribution in [2.75, 3.05) is 32.1 Å². The Morgan fingerprint density at radius 1 is 1.07 bits per heavy atom. The van der Waals surface area contributed by atoms with Gasteiger partial charge in [-0.05, 0) is 44.0 Å². The van der Waals surface area contributed by atoms with E-state index < -0.39 is 0 Å². The number of Topliss-reactive ketones (excluding diaryl/α,β-unsaturated/α-hetero) is 1. The zero-order chi connectivity index (χ0) is 19.1. The van der Waals surface area contributed by atoms with E-state index in [-0.39, 0.29) is 11.8 Å². The lowest BCUT2D eigenvalue weighted by Crippen LogP contribution is -2.41. The predicted octanol–water partition coefficient (Wildman–Crippen LogP) is 3.89. The van der Waals surface area contributed by atoms with Crippen LogP contribution < -0.4 is 10.1 Å². The molecule has 3 rings (SSSR count). The van der Waals surface area contributed by atoms with E-state index in [4.69, 9.17) is 4.74 Å². The van der Waals surface area contributed by atoms with E-state index in [0.717, 1.165) is 32.4 Å². The minimum Gasteiger partial charge on any atom is -0.495 e. The third-order valence-corrected chi connectivity index (χ3v) is 6.01. The summed E-state index contributed by atoms with van der Waals surface area (Å²) in [5.41, 5.74) is 0.697. The lowest BCUT2D eigenvalue weighted by molar-refractivity contribution is -0.125. The molecule has 1 saturated heterocycles. The molecule has 27 heavy (non-hydrogen) atoms. The molecule has 1 aromatic rings. The number of piperidine rings is 1. The molecule has 0 aromatic heterocycles. The second-order valence-electron chi connectivity index (χ2n) is 7.97. The third kappa shape index (κ3) is 5.80. The summed E-state index contributed by atoms with van der Waals surface area (Å²) in [4.78, 5) is 27.1. The van der Waals surface area contributed by atoms with Gasteiger partial charge in [0, 0.05) is 12.3 Å². The van der Waals surface area contributed by atoms with E-state index in [9.17, 15) is 9.59 Å². The van der Waals surface area contributed by atoms with Gasteiger partial charge in [-0.1, -0.05) is 44.2 Å². The molecule has 2 fully saturated rings. The summed E-state index contributed by atoms with van der Waals surface area (Å²) in [7, 11) is 1.60. The Bertz CT molecular complexity index is 632. The quantitative estimate of drug-likeness (QED) is 0.789. The molecule has 2 aliphatic rings. The monoisotopic (exact) mass is 372 g/mol. The Kier molecular flexibility index (Phi) is 7.27. The molecule has 1 aliphatic carbocycles. The first kappa shape index (κ1) is 19.9. The second kappa shape index (κ2) is 9.88. The number of likely N-dealkylation sites (tertiary alicyclic amines) is 1.